The minimum atomic E-state index is -4.30. The summed E-state index contributed by atoms with van der Waals surface area (Å²) in [7, 11) is 0. The van der Waals surface area contributed by atoms with Crippen LogP contribution in [0.1, 0.15) is 25.0 Å². The van der Waals surface area contributed by atoms with E-state index in [2.05, 4.69) is 5.32 Å². The molecule has 1 aromatic carbocycles. The number of nitrogens with one attached hydrogen (secondary N) is 1. The van der Waals surface area contributed by atoms with E-state index in [1.807, 2.05) is 0 Å². The smallest absolute Gasteiger partial charge is 0.388 e. The molecule has 1 aromatic rings. The number of halogens is 4. The molecule has 0 spiro atoms. The van der Waals surface area contributed by atoms with Gasteiger partial charge in [-0.1, -0.05) is 12.1 Å². The van der Waals surface area contributed by atoms with Crippen LogP contribution in [0.25, 0.3) is 0 Å². The Morgan fingerprint density at radius 3 is 2.45 bits per heavy atom. The van der Waals surface area contributed by atoms with Gasteiger partial charge in [0.15, 0.2) is 0 Å². The first kappa shape index (κ1) is 18.8. The van der Waals surface area contributed by atoms with E-state index >= 15 is 0 Å². The molecule has 2 N–H and O–H groups in total. The molecule has 2 unspecified atom stereocenters. The van der Waals surface area contributed by atoms with Gasteiger partial charge in [-0.2, -0.15) is 13.2 Å². The fourth-order valence-electron chi connectivity index (χ4n) is 1.79. The van der Waals surface area contributed by atoms with Gasteiger partial charge < -0.3 is 10.4 Å². The molecule has 0 saturated carbocycles. The maximum Gasteiger partial charge on any atom is 0.397 e. The van der Waals surface area contributed by atoms with Crippen LogP contribution in [0.3, 0.4) is 0 Å². The Morgan fingerprint density at radius 2 is 1.91 bits per heavy atom. The number of hydrogen-bond acceptors (Lipinski definition) is 3. The van der Waals surface area contributed by atoms with Crippen molar-refractivity contribution in [2.24, 2.45) is 0 Å². The number of aliphatic hydroxyl groups is 1. The average molecular weight is 339 g/mol. The summed E-state index contributed by atoms with van der Waals surface area (Å²) in [6.45, 7) is 1.64. The van der Waals surface area contributed by atoms with E-state index in [0.29, 0.717) is 17.3 Å². The number of carbonyl (C=O) groups excluding carboxylic acids is 1. The minimum absolute atomic E-state index is 0.182. The van der Waals surface area contributed by atoms with E-state index in [0.717, 1.165) is 0 Å². The van der Waals surface area contributed by atoms with Crippen molar-refractivity contribution in [2.45, 2.75) is 31.7 Å². The lowest BCUT2D eigenvalue weighted by Crippen LogP contribution is -2.35. The van der Waals surface area contributed by atoms with Crippen LogP contribution in [-0.2, 0) is 4.79 Å². The summed E-state index contributed by atoms with van der Waals surface area (Å²) in [6.07, 6.45) is -5.00. The third-order valence-corrected chi connectivity index (χ3v) is 3.74. The second-order valence-corrected chi connectivity index (χ2v) is 5.87. The normalized spacial score (nSPS) is 14.5. The molecule has 124 valence electrons. The van der Waals surface area contributed by atoms with Gasteiger partial charge in [-0.3, -0.25) is 4.79 Å². The zero-order valence-electron chi connectivity index (χ0n) is 11.9. The third-order valence-electron chi connectivity index (χ3n) is 2.74. The molecule has 0 bridgehead atoms. The molecular weight excluding hydrogens is 322 g/mol. The first-order valence-corrected chi connectivity index (χ1v) is 7.70. The molecular formula is C14H17F4NO2S. The molecule has 2 atom stereocenters. The summed E-state index contributed by atoms with van der Waals surface area (Å²) in [5.41, 5.74) is 0.508. The van der Waals surface area contributed by atoms with Gasteiger partial charge >= 0.3 is 6.18 Å². The van der Waals surface area contributed by atoms with Crippen molar-refractivity contribution in [1.29, 1.82) is 0 Å². The molecule has 0 fully saturated rings. The number of alkyl halides is 3. The van der Waals surface area contributed by atoms with Gasteiger partial charge in [0.2, 0.25) is 5.91 Å². The molecule has 0 aliphatic rings. The Hall–Kier alpha value is -1.28. The first-order chi connectivity index (χ1) is 10.2. The average Bonchev–Trinajstić information content (AvgIpc) is 2.37. The van der Waals surface area contributed by atoms with Crippen molar-refractivity contribution in [3.05, 3.63) is 35.6 Å². The minimum Gasteiger partial charge on any atom is -0.388 e. The Kier molecular flexibility index (Phi) is 7.15. The number of rotatable bonds is 7. The molecule has 0 aliphatic carbocycles. The van der Waals surface area contributed by atoms with Crippen LogP contribution in [-0.4, -0.2) is 34.7 Å². The number of carbonyl (C=O) groups is 1. The molecule has 1 amide bonds. The van der Waals surface area contributed by atoms with Crippen molar-refractivity contribution in [2.75, 3.05) is 11.5 Å². The fourth-order valence-corrected chi connectivity index (χ4v) is 2.39. The SMILES string of the molecule is CC(CC(O)c1ccc(F)cc1)NC(=O)CSCC(F)(F)F. The van der Waals surface area contributed by atoms with E-state index in [-0.39, 0.29) is 12.2 Å². The molecule has 0 saturated heterocycles. The van der Waals surface area contributed by atoms with Gasteiger partial charge in [-0.25, -0.2) is 4.39 Å². The van der Waals surface area contributed by atoms with Gasteiger partial charge in [0.05, 0.1) is 17.6 Å². The van der Waals surface area contributed by atoms with Crippen LogP contribution < -0.4 is 5.32 Å². The highest BCUT2D eigenvalue weighted by atomic mass is 32.2. The Labute approximate surface area is 130 Å². The summed E-state index contributed by atoms with van der Waals surface area (Å²) in [5.74, 6) is -2.31. The quantitative estimate of drug-likeness (QED) is 0.751. The summed E-state index contributed by atoms with van der Waals surface area (Å²) < 4.78 is 48.6. The molecule has 0 aliphatic heterocycles. The second-order valence-electron chi connectivity index (χ2n) is 4.88. The predicted octanol–water partition coefficient (Wildman–Crippen LogP) is 3.05. The second kappa shape index (κ2) is 8.38. The predicted molar refractivity (Wildman–Crippen MR) is 77.0 cm³/mol. The molecule has 0 radical (unpaired) electrons. The van der Waals surface area contributed by atoms with Gasteiger partial charge in [0, 0.05) is 6.04 Å². The van der Waals surface area contributed by atoms with E-state index in [1.54, 1.807) is 6.92 Å². The highest BCUT2D eigenvalue weighted by Crippen LogP contribution is 2.21. The Bertz CT molecular complexity index is 479. The number of aliphatic hydroxyl groups excluding tert-OH is 1. The van der Waals surface area contributed by atoms with Gasteiger partial charge in [0.25, 0.3) is 0 Å². The van der Waals surface area contributed by atoms with E-state index in [4.69, 9.17) is 0 Å². The van der Waals surface area contributed by atoms with Crippen LogP contribution >= 0.6 is 11.8 Å². The molecule has 0 aromatic heterocycles. The van der Waals surface area contributed by atoms with Gasteiger partial charge in [-0.05, 0) is 31.0 Å². The largest absolute Gasteiger partial charge is 0.397 e. The molecule has 22 heavy (non-hydrogen) atoms. The van der Waals surface area contributed by atoms with Gasteiger partial charge in [-0.15, -0.1) is 11.8 Å². The topological polar surface area (TPSA) is 49.3 Å². The number of thioether (sulfide) groups is 1. The van der Waals surface area contributed by atoms with Gasteiger partial charge in [0.1, 0.15) is 5.82 Å². The lowest BCUT2D eigenvalue weighted by Gasteiger charge is -2.18. The molecule has 1 rings (SSSR count). The summed E-state index contributed by atoms with van der Waals surface area (Å²) >= 11 is 0.486. The monoisotopic (exact) mass is 339 g/mol. The van der Waals surface area contributed by atoms with Crippen LogP contribution in [0.5, 0.6) is 0 Å². The van der Waals surface area contributed by atoms with Crippen molar-refractivity contribution in [3.8, 4) is 0 Å². The van der Waals surface area contributed by atoms with E-state index < -0.39 is 35.8 Å². The van der Waals surface area contributed by atoms with Crippen molar-refractivity contribution < 1.29 is 27.5 Å². The zero-order valence-corrected chi connectivity index (χ0v) is 12.7. The van der Waals surface area contributed by atoms with Crippen LogP contribution in [0, 0.1) is 5.82 Å². The van der Waals surface area contributed by atoms with E-state index in [9.17, 15) is 27.5 Å². The Morgan fingerprint density at radius 1 is 1.32 bits per heavy atom. The lowest BCUT2D eigenvalue weighted by molar-refractivity contribution is -0.119. The van der Waals surface area contributed by atoms with Crippen LogP contribution in [0.2, 0.25) is 0 Å². The molecule has 3 nitrogen and oxygen atoms in total. The third kappa shape index (κ3) is 7.65. The van der Waals surface area contributed by atoms with Crippen molar-refractivity contribution >= 4 is 17.7 Å². The highest BCUT2D eigenvalue weighted by Gasteiger charge is 2.27. The number of amides is 1. The maximum absolute atomic E-state index is 12.8. The highest BCUT2D eigenvalue weighted by molar-refractivity contribution is 8.00. The van der Waals surface area contributed by atoms with E-state index in [1.165, 1.54) is 24.3 Å². The molecule has 0 heterocycles. The summed E-state index contributed by atoms with van der Waals surface area (Å²) in [5, 5.41) is 12.5. The Balaban J connectivity index is 2.34. The zero-order chi connectivity index (χ0) is 16.8. The lowest BCUT2D eigenvalue weighted by atomic mass is 10.0. The standard InChI is InChI=1S/C14H17F4NO2S/c1-9(19-13(21)7-22-8-14(16,17)18)6-12(20)10-2-4-11(15)5-3-10/h2-5,9,12,20H,6-8H2,1H3,(H,19,21). The fraction of sp³-hybridized carbons (Fsp3) is 0.500. The van der Waals surface area contributed by atoms with Crippen molar-refractivity contribution in [1.82, 2.24) is 5.32 Å². The number of hydrogen-bond donors (Lipinski definition) is 2. The number of benzene rings is 1. The molecule has 8 heteroatoms. The van der Waals surface area contributed by atoms with Crippen LogP contribution in [0.15, 0.2) is 24.3 Å². The van der Waals surface area contributed by atoms with Crippen LogP contribution in [0.4, 0.5) is 17.6 Å². The summed E-state index contributed by atoms with van der Waals surface area (Å²) in [6, 6.07) is 4.89. The van der Waals surface area contributed by atoms with Crippen molar-refractivity contribution in [3.63, 3.8) is 0 Å². The first-order valence-electron chi connectivity index (χ1n) is 6.55. The summed E-state index contributed by atoms with van der Waals surface area (Å²) in [4.78, 5) is 11.5. The maximum atomic E-state index is 12.8.